The minimum atomic E-state index is -1.01. The maximum Gasteiger partial charge on any atom is 0.341 e. The quantitative estimate of drug-likeness (QED) is 0.622. The molecule has 0 aliphatic heterocycles. The summed E-state index contributed by atoms with van der Waals surface area (Å²) >= 11 is 1.60. The van der Waals surface area contributed by atoms with Crippen molar-refractivity contribution >= 4 is 17.7 Å². The van der Waals surface area contributed by atoms with Crippen LogP contribution in [-0.4, -0.2) is 32.7 Å². The second-order valence-electron chi connectivity index (χ2n) is 5.90. The molecular formula is C19H18FN3O3S. The minimum Gasteiger partial charge on any atom is -0.482 e. The number of ether oxygens (including phenoxy) is 1. The minimum absolute atomic E-state index is 0.301. The van der Waals surface area contributed by atoms with E-state index < -0.39 is 5.97 Å². The number of carbonyl (C=O) groups is 1. The van der Waals surface area contributed by atoms with E-state index in [2.05, 4.69) is 10.2 Å². The van der Waals surface area contributed by atoms with Crippen molar-refractivity contribution < 1.29 is 19.0 Å². The van der Waals surface area contributed by atoms with Crippen molar-refractivity contribution in [3.63, 3.8) is 0 Å². The average Bonchev–Trinajstić information content (AvgIpc) is 3.00. The number of rotatable bonds is 7. The summed E-state index contributed by atoms with van der Waals surface area (Å²) in [5.74, 6) is -0.126. The van der Waals surface area contributed by atoms with E-state index in [0.29, 0.717) is 17.2 Å². The summed E-state index contributed by atoms with van der Waals surface area (Å²) in [6.07, 6.45) is 0. The van der Waals surface area contributed by atoms with E-state index in [-0.39, 0.29) is 12.4 Å². The Morgan fingerprint density at radius 2 is 1.93 bits per heavy atom. The second-order valence-corrected chi connectivity index (χ2v) is 6.95. The third-order valence-electron chi connectivity index (χ3n) is 3.81. The average molecular weight is 387 g/mol. The zero-order valence-corrected chi connectivity index (χ0v) is 15.7. The molecule has 0 atom stereocenters. The van der Waals surface area contributed by atoms with Gasteiger partial charge in [-0.2, -0.15) is 15.0 Å². The highest BCUT2D eigenvalue weighted by atomic mass is 32.2. The van der Waals surface area contributed by atoms with E-state index in [0.717, 1.165) is 21.8 Å². The van der Waals surface area contributed by atoms with Crippen LogP contribution in [0, 0.1) is 19.7 Å². The van der Waals surface area contributed by atoms with E-state index in [1.54, 1.807) is 30.0 Å². The number of benzene rings is 2. The molecular weight excluding hydrogens is 369 g/mol. The zero-order chi connectivity index (χ0) is 19.4. The van der Waals surface area contributed by atoms with E-state index in [9.17, 15) is 9.18 Å². The Morgan fingerprint density at radius 1 is 1.19 bits per heavy atom. The number of halogens is 1. The Labute approximate surface area is 160 Å². The predicted molar refractivity (Wildman–Crippen MR) is 99.9 cm³/mol. The first-order valence-corrected chi connectivity index (χ1v) is 9.18. The first-order valence-electron chi connectivity index (χ1n) is 8.19. The molecule has 6 nitrogen and oxygen atoms in total. The number of nitrogens with zero attached hydrogens (tertiary/aromatic N) is 3. The fourth-order valence-corrected chi connectivity index (χ4v) is 3.39. The molecule has 0 radical (unpaired) electrons. The van der Waals surface area contributed by atoms with Gasteiger partial charge in [-0.3, -0.25) is 0 Å². The number of thioether (sulfide) groups is 1. The second kappa shape index (κ2) is 8.22. The highest BCUT2D eigenvalue weighted by Crippen LogP contribution is 2.28. The SMILES string of the molecule is Cc1cc(SCc2nn(-c3ccc(F)cc3)nc2C)ccc1OCC(=O)O. The van der Waals surface area contributed by atoms with Gasteiger partial charge in [0.25, 0.3) is 0 Å². The van der Waals surface area contributed by atoms with E-state index in [1.165, 1.54) is 16.9 Å². The Bertz CT molecular complexity index is 957. The van der Waals surface area contributed by atoms with Gasteiger partial charge in [0.15, 0.2) is 6.61 Å². The summed E-state index contributed by atoms with van der Waals surface area (Å²) in [7, 11) is 0. The van der Waals surface area contributed by atoms with Crippen LogP contribution in [0.25, 0.3) is 5.69 Å². The summed E-state index contributed by atoms with van der Waals surface area (Å²) in [4.78, 5) is 13.1. The van der Waals surface area contributed by atoms with Crippen LogP contribution in [0.1, 0.15) is 17.0 Å². The van der Waals surface area contributed by atoms with Gasteiger partial charge in [0.1, 0.15) is 11.6 Å². The van der Waals surface area contributed by atoms with Crippen molar-refractivity contribution in [3.05, 3.63) is 65.2 Å². The van der Waals surface area contributed by atoms with Gasteiger partial charge >= 0.3 is 5.97 Å². The van der Waals surface area contributed by atoms with Crippen LogP contribution in [0.3, 0.4) is 0 Å². The van der Waals surface area contributed by atoms with Crippen LogP contribution in [0.4, 0.5) is 4.39 Å². The molecule has 0 fully saturated rings. The molecule has 140 valence electrons. The molecule has 0 amide bonds. The number of aliphatic carboxylic acids is 1. The molecule has 3 rings (SSSR count). The Hall–Kier alpha value is -2.87. The monoisotopic (exact) mass is 387 g/mol. The molecule has 1 aromatic heterocycles. The van der Waals surface area contributed by atoms with Gasteiger partial charge in [0.2, 0.25) is 0 Å². The van der Waals surface area contributed by atoms with Crippen LogP contribution >= 0.6 is 11.8 Å². The van der Waals surface area contributed by atoms with Crippen LogP contribution in [0.15, 0.2) is 47.4 Å². The summed E-state index contributed by atoms with van der Waals surface area (Å²) in [6, 6.07) is 11.6. The number of aryl methyl sites for hydroxylation is 2. The third kappa shape index (κ3) is 4.85. The fourth-order valence-electron chi connectivity index (χ4n) is 2.40. The standard InChI is InChI=1S/C19H18FN3O3S/c1-12-9-16(7-8-18(12)26-10-19(24)25)27-11-17-13(2)21-23(22-17)15-5-3-14(20)4-6-15/h3-9H,10-11H2,1-2H3,(H,24,25). The van der Waals surface area contributed by atoms with Gasteiger partial charge < -0.3 is 9.84 Å². The third-order valence-corrected chi connectivity index (χ3v) is 4.81. The molecule has 0 aliphatic rings. The molecule has 2 aromatic carbocycles. The van der Waals surface area contributed by atoms with Crippen LogP contribution in [-0.2, 0) is 10.5 Å². The van der Waals surface area contributed by atoms with E-state index in [1.807, 2.05) is 26.0 Å². The van der Waals surface area contributed by atoms with Crippen molar-refractivity contribution in [2.45, 2.75) is 24.5 Å². The van der Waals surface area contributed by atoms with Gasteiger partial charge in [-0.15, -0.1) is 11.8 Å². The lowest BCUT2D eigenvalue weighted by atomic mass is 10.2. The molecule has 0 saturated carbocycles. The number of hydrogen-bond donors (Lipinski definition) is 1. The molecule has 3 aromatic rings. The van der Waals surface area contributed by atoms with E-state index in [4.69, 9.17) is 9.84 Å². The lowest BCUT2D eigenvalue weighted by Crippen LogP contribution is -2.09. The largest absolute Gasteiger partial charge is 0.482 e. The zero-order valence-electron chi connectivity index (χ0n) is 14.8. The molecule has 0 aliphatic carbocycles. The molecule has 1 heterocycles. The van der Waals surface area contributed by atoms with Crippen molar-refractivity contribution in [1.82, 2.24) is 15.0 Å². The predicted octanol–water partition coefficient (Wildman–Crippen LogP) is 3.78. The first-order chi connectivity index (χ1) is 12.9. The van der Waals surface area contributed by atoms with Crippen molar-refractivity contribution in [1.29, 1.82) is 0 Å². The summed E-state index contributed by atoms with van der Waals surface area (Å²) < 4.78 is 18.3. The molecule has 0 spiro atoms. The smallest absolute Gasteiger partial charge is 0.341 e. The maximum atomic E-state index is 13.1. The van der Waals surface area contributed by atoms with Crippen molar-refractivity contribution in [2.24, 2.45) is 0 Å². The van der Waals surface area contributed by atoms with E-state index >= 15 is 0 Å². The van der Waals surface area contributed by atoms with Crippen LogP contribution in [0.5, 0.6) is 5.75 Å². The number of carboxylic acid groups (broad SMARTS) is 1. The molecule has 27 heavy (non-hydrogen) atoms. The summed E-state index contributed by atoms with van der Waals surface area (Å²) in [6.45, 7) is 3.40. The topological polar surface area (TPSA) is 77.2 Å². The molecule has 1 N–H and O–H groups in total. The fraction of sp³-hybridized carbons (Fsp3) is 0.211. The molecule has 0 bridgehead atoms. The maximum absolute atomic E-state index is 13.1. The Balaban J connectivity index is 1.67. The Morgan fingerprint density at radius 3 is 2.59 bits per heavy atom. The lowest BCUT2D eigenvalue weighted by Gasteiger charge is -2.08. The normalized spacial score (nSPS) is 10.8. The van der Waals surface area contributed by atoms with Crippen molar-refractivity contribution in [3.8, 4) is 11.4 Å². The Kier molecular flexibility index (Phi) is 5.75. The highest BCUT2D eigenvalue weighted by Gasteiger charge is 2.10. The molecule has 0 unspecified atom stereocenters. The van der Waals surface area contributed by atoms with Gasteiger partial charge in [0.05, 0.1) is 17.1 Å². The van der Waals surface area contributed by atoms with Gasteiger partial charge in [0, 0.05) is 10.6 Å². The van der Waals surface area contributed by atoms with Crippen LogP contribution < -0.4 is 4.74 Å². The number of carboxylic acids is 1. The number of hydrogen-bond acceptors (Lipinski definition) is 5. The molecule has 0 saturated heterocycles. The van der Waals surface area contributed by atoms with Gasteiger partial charge in [-0.25, -0.2) is 9.18 Å². The molecule has 8 heteroatoms. The number of aromatic nitrogens is 3. The van der Waals surface area contributed by atoms with Gasteiger partial charge in [-0.1, -0.05) is 0 Å². The van der Waals surface area contributed by atoms with Crippen molar-refractivity contribution in [2.75, 3.05) is 6.61 Å². The highest BCUT2D eigenvalue weighted by molar-refractivity contribution is 7.98. The summed E-state index contributed by atoms with van der Waals surface area (Å²) in [5, 5.41) is 17.6. The lowest BCUT2D eigenvalue weighted by molar-refractivity contribution is -0.139. The van der Waals surface area contributed by atoms with Gasteiger partial charge in [-0.05, 0) is 61.9 Å². The first kappa shape index (κ1) is 18.9. The van der Waals surface area contributed by atoms with Crippen LogP contribution in [0.2, 0.25) is 0 Å². The summed E-state index contributed by atoms with van der Waals surface area (Å²) in [5.41, 5.74) is 3.22.